The molecule has 0 spiro atoms. The van der Waals surface area contributed by atoms with Crippen molar-refractivity contribution in [3.05, 3.63) is 77.2 Å². The molecule has 0 fully saturated rings. The third-order valence-electron chi connectivity index (χ3n) is 5.00. The number of aromatic nitrogens is 2. The zero-order chi connectivity index (χ0) is 17.5. The molecule has 26 heavy (non-hydrogen) atoms. The van der Waals surface area contributed by atoms with Crippen LogP contribution in [-0.2, 0) is 19.4 Å². The van der Waals surface area contributed by atoms with E-state index in [1.807, 2.05) is 30.3 Å². The molecule has 0 atom stereocenters. The number of nitrogens with one attached hydrogen (secondary N) is 2. The van der Waals surface area contributed by atoms with Crippen LogP contribution in [0.15, 0.2) is 59.2 Å². The first-order valence-corrected chi connectivity index (χ1v) is 8.70. The van der Waals surface area contributed by atoms with E-state index >= 15 is 0 Å². The Morgan fingerprint density at radius 3 is 2.92 bits per heavy atom. The minimum absolute atomic E-state index is 0.0867. The zero-order valence-corrected chi connectivity index (χ0v) is 14.1. The summed E-state index contributed by atoms with van der Waals surface area (Å²) in [6.07, 6.45) is 3.31. The first kappa shape index (κ1) is 15.0. The van der Waals surface area contributed by atoms with Gasteiger partial charge < -0.3 is 9.73 Å². The van der Waals surface area contributed by atoms with E-state index in [-0.39, 0.29) is 5.91 Å². The molecule has 0 unspecified atom stereocenters. The number of hydrogen-bond acceptors (Lipinski definition) is 3. The zero-order valence-electron chi connectivity index (χ0n) is 14.1. The van der Waals surface area contributed by atoms with Crippen molar-refractivity contribution in [2.45, 2.75) is 19.4 Å². The van der Waals surface area contributed by atoms with Gasteiger partial charge in [-0.1, -0.05) is 24.3 Å². The molecule has 2 N–H and O–H groups in total. The van der Waals surface area contributed by atoms with Gasteiger partial charge in [-0.3, -0.25) is 9.89 Å². The normalized spacial score (nSPS) is 12.6. The fraction of sp³-hybridized carbons (Fsp3) is 0.143. The molecule has 1 aliphatic rings. The smallest absolute Gasteiger partial charge is 0.251 e. The van der Waals surface area contributed by atoms with Crippen molar-refractivity contribution < 1.29 is 9.21 Å². The number of benzene rings is 2. The van der Waals surface area contributed by atoms with Gasteiger partial charge in [0.25, 0.3) is 5.91 Å². The van der Waals surface area contributed by atoms with E-state index < -0.39 is 0 Å². The molecule has 2 aromatic heterocycles. The molecule has 128 valence electrons. The van der Waals surface area contributed by atoms with Gasteiger partial charge in [-0.15, -0.1) is 0 Å². The van der Waals surface area contributed by atoms with Crippen LogP contribution in [0.2, 0.25) is 0 Å². The lowest BCUT2D eigenvalue weighted by Crippen LogP contribution is -2.24. The maximum absolute atomic E-state index is 12.8. The number of furan rings is 1. The maximum Gasteiger partial charge on any atom is 0.251 e. The molecular formula is C21H17N3O2. The van der Waals surface area contributed by atoms with Crippen molar-refractivity contribution in [3.63, 3.8) is 0 Å². The lowest BCUT2D eigenvalue weighted by atomic mass is 9.98. The Labute approximate surface area is 150 Å². The van der Waals surface area contributed by atoms with Crippen LogP contribution in [0.5, 0.6) is 0 Å². The second-order valence-corrected chi connectivity index (χ2v) is 6.51. The quantitative estimate of drug-likeness (QED) is 0.593. The molecule has 0 saturated carbocycles. The Hall–Kier alpha value is -3.34. The molecule has 0 radical (unpaired) electrons. The maximum atomic E-state index is 12.8. The number of carbonyl (C=O) groups excluding carboxylic acids is 1. The van der Waals surface area contributed by atoms with Crippen molar-refractivity contribution >= 4 is 16.8 Å². The number of carbonyl (C=O) groups is 1. The summed E-state index contributed by atoms with van der Waals surface area (Å²) in [5, 5.41) is 11.7. The number of rotatable bonds is 3. The van der Waals surface area contributed by atoms with Gasteiger partial charge in [-0.25, -0.2) is 0 Å². The predicted molar refractivity (Wildman–Crippen MR) is 98.8 cm³/mol. The molecule has 0 aliphatic heterocycles. The van der Waals surface area contributed by atoms with Gasteiger partial charge in [0.2, 0.25) is 0 Å². The Balaban J connectivity index is 1.58. The molecule has 5 heteroatoms. The molecule has 2 aromatic carbocycles. The lowest BCUT2D eigenvalue weighted by Gasteiger charge is -2.10. The van der Waals surface area contributed by atoms with Gasteiger partial charge in [0.15, 0.2) is 0 Å². The van der Waals surface area contributed by atoms with Crippen LogP contribution < -0.4 is 5.32 Å². The highest BCUT2D eigenvalue weighted by Gasteiger charge is 2.23. The largest absolute Gasteiger partial charge is 0.467 e. The molecule has 2 heterocycles. The van der Waals surface area contributed by atoms with E-state index in [1.165, 1.54) is 5.56 Å². The van der Waals surface area contributed by atoms with E-state index in [2.05, 4.69) is 33.7 Å². The first-order chi connectivity index (χ1) is 12.8. The van der Waals surface area contributed by atoms with Gasteiger partial charge in [-0.05, 0) is 48.2 Å². The molecule has 5 rings (SSSR count). The van der Waals surface area contributed by atoms with Gasteiger partial charge in [0, 0.05) is 16.5 Å². The molecule has 1 aliphatic carbocycles. The van der Waals surface area contributed by atoms with Crippen molar-refractivity contribution in [3.8, 4) is 11.3 Å². The Bertz CT molecular complexity index is 1110. The summed E-state index contributed by atoms with van der Waals surface area (Å²) in [6, 6.07) is 15.8. The van der Waals surface area contributed by atoms with E-state index in [0.29, 0.717) is 12.1 Å². The van der Waals surface area contributed by atoms with Gasteiger partial charge in [-0.2, -0.15) is 5.10 Å². The van der Waals surface area contributed by atoms with E-state index in [0.717, 1.165) is 46.3 Å². The van der Waals surface area contributed by atoms with Crippen LogP contribution in [0.3, 0.4) is 0 Å². The van der Waals surface area contributed by atoms with Crippen molar-refractivity contribution in [2.75, 3.05) is 0 Å². The third-order valence-corrected chi connectivity index (χ3v) is 5.00. The number of aryl methyl sites for hydroxylation is 2. The minimum Gasteiger partial charge on any atom is -0.467 e. The summed E-state index contributed by atoms with van der Waals surface area (Å²) in [4.78, 5) is 12.8. The second kappa shape index (κ2) is 5.88. The summed E-state index contributed by atoms with van der Waals surface area (Å²) in [7, 11) is 0. The average Bonchev–Trinajstić information content (AvgIpc) is 3.30. The number of fused-ring (bicyclic) bond motifs is 2. The Morgan fingerprint density at radius 1 is 1.12 bits per heavy atom. The fourth-order valence-corrected chi connectivity index (χ4v) is 3.76. The lowest BCUT2D eigenvalue weighted by molar-refractivity contribution is 0.0947. The van der Waals surface area contributed by atoms with Crippen LogP contribution >= 0.6 is 0 Å². The van der Waals surface area contributed by atoms with E-state index in [9.17, 15) is 4.79 Å². The number of nitrogens with zero attached hydrogens (tertiary/aromatic N) is 1. The average molecular weight is 343 g/mol. The summed E-state index contributed by atoms with van der Waals surface area (Å²) in [5.41, 5.74) is 6.07. The Morgan fingerprint density at radius 2 is 2.04 bits per heavy atom. The molecule has 4 aromatic rings. The van der Waals surface area contributed by atoms with Crippen molar-refractivity contribution in [1.29, 1.82) is 0 Å². The SMILES string of the molecule is O=C(NCc1ccco1)c1ccc2[nH]nc3c2c1CCc1ccccc1-3. The van der Waals surface area contributed by atoms with Crippen LogP contribution in [0.1, 0.15) is 27.2 Å². The minimum atomic E-state index is -0.0867. The number of hydrogen-bond donors (Lipinski definition) is 2. The summed E-state index contributed by atoms with van der Waals surface area (Å²) in [5.74, 6) is 0.651. The molecule has 0 saturated heterocycles. The van der Waals surface area contributed by atoms with Crippen LogP contribution in [0, 0.1) is 0 Å². The molecule has 0 bridgehead atoms. The first-order valence-electron chi connectivity index (χ1n) is 8.70. The van der Waals surface area contributed by atoms with Crippen molar-refractivity contribution in [2.24, 2.45) is 0 Å². The number of H-pyrrole nitrogens is 1. The van der Waals surface area contributed by atoms with Crippen LogP contribution in [0.4, 0.5) is 0 Å². The molecule has 5 nitrogen and oxygen atoms in total. The summed E-state index contributed by atoms with van der Waals surface area (Å²) in [6.45, 7) is 0.377. The fourth-order valence-electron chi connectivity index (χ4n) is 3.76. The van der Waals surface area contributed by atoms with Gasteiger partial charge in [0.05, 0.1) is 18.3 Å². The predicted octanol–water partition coefficient (Wildman–Crippen LogP) is 3.85. The third kappa shape index (κ3) is 2.32. The van der Waals surface area contributed by atoms with Crippen LogP contribution in [-0.4, -0.2) is 16.1 Å². The highest BCUT2D eigenvalue weighted by atomic mass is 16.3. The standard InChI is InChI=1S/C21H17N3O2/c25-21(22-12-14-5-3-11-26-14)17-9-10-18-19-16(17)8-7-13-4-1-2-6-15(13)20(19)24-23-18/h1-6,9-11H,7-8,12H2,(H,22,25)(H,23,24). The highest BCUT2D eigenvalue weighted by Crippen LogP contribution is 2.36. The monoisotopic (exact) mass is 343 g/mol. The van der Waals surface area contributed by atoms with Crippen molar-refractivity contribution in [1.82, 2.24) is 15.5 Å². The number of aromatic amines is 1. The molecule has 1 amide bonds. The topological polar surface area (TPSA) is 70.9 Å². The summed E-state index contributed by atoms with van der Waals surface area (Å²) >= 11 is 0. The van der Waals surface area contributed by atoms with Crippen LogP contribution in [0.25, 0.3) is 22.2 Å². The van der Waals surface area contributed by atoms with E-state index in [1.54, 1.807) is 6.26 Å². The summed E-state index contributed by atoms with van der Waals surface area (Å²) < 4.78 is 5.30. The second-order valence-electron chi connectivity index (χ2n) is 6.51. The van der Waals surface area contributed by atoms with E-state index in [4.69, 9.17) is 4.42 Å². The highest BCUT2D eigenvalue weighted by molar-refractivity contribution is 6.05. The Kier molecular flexibility index (Phi) is 3.38. The molecular weight excluding hydrogens is 326 g/mol. The van der Waals surface area contributed by atoms with Gasteiger partial charge >= 0.3 is 0 Å². The van der Waals surface area contributed by atoms with Gasteiger partial charge in [0.1, 0.15) is 11.5 Å². The number of amides is 1.